The molecule has 0 aliphatic rings. The number of anilines is 3. The molecule has 6 rings (SSSR count). The van der Waals surface area contributed by atoms with Gasteiger partial charge in [-0.1, -0.05) is 78.0 Å². The van der Waals surface area contributed by atoms with Crippen molar-refractivity contribution < 1.29 is 13.7 Å². The number of amides is 2. The lowest BCUT2D eigenvalue weighted by Gasteiger charge is -2.09. The van der Waals surface area contributed by atoms with Gasteiger partial charge in [0.25, 0.3) is 0 Å². The first kappa shape index (κ1) is 24.9. The van der Waals surface area contributed by atoms with E-state index in [-0.39, 0.29) is 6.03 Å². The molecule has 6 aromatic rings. The Kier molecular flexibility index (Phi) is 6.92. The van der Waals surface area contributed by atoms with E-state index in [0.717, 1.165) is 39.8 Å². The fourth-order valence-electron chi connectivity index (χ4n) is 4.52. The maximum Gasteiger partial charge on any atom is 0.324 e. The fraction of sp³-hybridized carbons (Fsp3) is 0.0968. The van der Waals surface area contributed by atoms with Gasteiger partial charge >= 0.3 is 6.03 Å². The number of carbonyl (C=O) groups excluding carboxylic acids is 1. The second-order valence-electron chi connectivity index (χ2n) is 9.22. The molecule has 0 saturated heterocycles. The van der Waals surface area contributed by atoms with Crippen LogP contribution in [0.15, 0.2) is 106 Å². The maximum atomic E-state index is 12.2. The predicted molar refractivity (Wildman–Crippen MR) is 155 cm³/mol. The fourth-order valence-corrected chi connectivity index (χ4v) is 4.52. The minimum atomic E-state index is -0.389. The quantitative estimate of drug-likeness (QED) is 0.191. The average molecular weight is 531 g/mol. The van der Waals surface area contributed by atoms with Gasteiger partial charge in [0.2, 0.25) is 5.71 Å². The summed E-state index contributed by atoms with van der Waals surface area (Å²) in [7, 11) is 0. The number of aryl methyl sites for hydroxylation is 1. The highest BCUT2D eigenvalue weighted by Gasteiger charge is 2.21. The van der Waals surface area contributed by atoms with Crippen LogP contribution in [-0.2, 0) is 6.42 Å². The van der Waals surface area contributed by atoms with Gasteiger partial charge in [-0.2, -0.15) is 0 Å². The number of hydrogen-bond acceptors (Lipinski definition) is 7. The normalized spacial score (nSPS) is 10.9. The number of rotatable bonds is 8. The highest BCUT2D eigenvalue weighted by atomic mass is 16.5. The summed E-state index contributed by atoms with van der Waals surface area (Å²) in [5.41, 5.74) is 5.28. The van der Waals surface area contributed by atoms with Crippen LogP contribution in [0.25, 0.3) is 33.6 Å². The van der Waals surface area contributed by atoms with Crippen LogP contribution in [0.4, 0.5) is 22.1 Å². The number of furan rings is 1. The molecule has 0 unspecified atom stereocenters. The molecule has 0 fully saturated rings. The van der Waals surface area contributed by atoms with Gasteiger partial charge in [-0.05, 0) is 36.6 Å². The summed E-state index contributed by atoms with van der Waals surface area (Å²) in [6.07, 6.45) is 2.27. The van der Waals surface area contributed by atoms with Crippen LogP contribution in [0.5, 0.6) is 0 Å². The van der Waals surface area contributed by atoms with Gasteiger partial charge in [0.15, 0.2) is 5.82 Å². The van der Waals surface area contributed by atoms with E-state index in [4.69, 9.17) is 8.94 Å². The van der Waals surface area contributed by atoms with Crippen molar-refractivity contribution in [2.45, 2.75) is 13.3 Å². The smallest absolute Gasteiger partial charge is 0.324 e. The van der Waals surface area contributed by atoms with E-state index < -0.39 is 0 Å². The summed E-state index contributed by atoms with van der Waals surface area (Å²) in [6.45, 7) is 2.40. The zero-order valence-corrected chi connectivity index (χ0v) is 21.7. The van der Waals surface area contributed by atoms with Gasteiger partial charge in [0.1, 0.15) is 23.7 Å². The van der Waals surface area contributed by atoms with E-state index in [1.54, 1.807) is 13.0 Å². The van der Waals surface area contributed by atoms with Crippen LogP contribution in [0, 0.1) is 6.92 Å². The first-order chi connectivity index (χ1) is 19.6. The first-order valence-corrected chi connectivity index (χ1v) is 12.9. The maximum absolute atomic E-state index is 12.2. The van der Waals surface area contributed by atoms with Crippen molar-refractivity contribution in [3.63, 3.8) is 0 Å². The van der Waals surface area contributed by atoms with E-state index in [1.165, 1.54) is 6.33 Å². The Bertz CT molecular complexity index is 1750. The molecule has 0 bridgehead atoms. The second kappa shape index (κ2) is 11.1. The Morgan fingerprint density at radius 3 is 2.27 bits per heavy atom. The predicted octanol–water partition coefficient (Wildman–Crippen LogP) is 7.15. The van der Waals surface area contributed by atoms with Crippen molar-refractivity contribution in [1.82, 2.24) is 15.1 Å². The third-order valence-electron chi connectivity index (χ3n) is 6.37. The van der Waals surface area contributed by atoms with Crippen molar-refractivity contribution in [1.29, 1.82) is 0 Å². The Hall–Kier alpha value is -5.44. The van der Waals surface area contributed by atoms with Crippen molar-refractivity contribution in [3.05, 3.63) is 109 Å². The Balaban J connectivity index is 1.18. The highest BCUT2D eigenvalue weighted by molar-refractivity contribution is 6.05. The van der Waals surface area contributed by atoms with Crippen molar-refractivity contribution in [2.24, 2.45) is 0 Å². The minimum Gasteiger partial charge on any atom is -0.437 e. The number of fused-ring (bicyclic) bond motifs is 1. The molecule has 0 radical (unpaired) electrons. The second-order valence-corrected chi connectivity index (χ2v) is 9.22. The van der Waals surface area contributed by atoms with Crippen LogP contribution in [0.1, 0.15) is 11.3 Å². The van der Waals surface area contributed by atoms with Crippen LogP contribution in [-0.4, -0.2) is 27.7 Å². The van der Waals surface area contributed by atoms with Gasteiger partial charge in [0, 0.05) is 29.4 Å². The molecule has 3 aromatic carbocycles. The topological polar surface area (TPSA) is 118 Å². The molecule has 0 atom stereocenters. The molecule has 0 saturated carbocycles. The molecular weight excluding hydrogens is 504 g/mol. The van der Waals surface area contributed by atoms with Gasteiger partial charge in [-0.15, -0.1) is 0 Å². The Labute approximate surface area is 230 Å². The summed E-state index contributed by atoms with van der Waals surface area (Å²) < 4.78 is 11.3. The number of nitrogens with zero attached hydrogens (tertiary/aromatic N) is 3. The van der Waals surface area contributed by atoms with Gasteiger partial charge < -0.3 is 19.6 Å². The van der Waals surface area contributed by atoms with E-state index in [9.17, 15) is 4.79 Å². The van der Waals surface area contributed by atoms with Crippen LogP contribution in [0.2, 0.25) is 0 Å². The average Bonchev–Trinajstić information content (AvgIpc) is 3.58. The summed E-state index contributed by atoms with van der Waals surface area (Å²) in [5.74, 6) is 2.46. The zero-order chi connectivity index (χ0) is 27.3. The summed E-state index contributed by atoms with van der Waals surface area (Å²) >= 11 is 0. The molecule has 198 valence electrons. The van der Waals surface area contributed by atoms with Crippen LogP contribution >= 0.6 is 0 Å². The zero-order valence-electron chi connectivity index (χ0n) is 21.7. The molecular formula is C31H26N6O3. The largest absolute Gasteiger partial charge is 0.437 e. The number of aromatic nitrogens is 3. The standard InChI is InChI=1S/C31H26N6O3/c1-20-18-25(37-40-20)36-31(38)35-24-14-12-21(13-15-24)16-17-32-29-27-26(22-8-4-2-5-9-22)28(23-10-6-3-7-11-23)39-30(27)34-19-33-29/h2-15,18-19H,16-17H2,1H3,(H,32,33,34)(H2,35,36,37,38). The van der Waals surface area contributed by atoms with E-state index >= 15 is 0 Å². The van der Waals surface area contributed by atoms with Crippen molar-refractivity contribution in [2.75, 3.05) is 22.5 Å². The number of carbonyl (C=O) groups is 1. The molecule has 3 aromatic heterocycles. The number of hydrogen-bond donors (Lipinski definition) is 3. The van der Waals surface area contributed by atoms with Crippen molar-refractivity contribution in [3.8, 4) is 22.5 Å². The molecule has 3 N–H and O–H groups in total. The third-order valence-corrected chi connectivity index (χ3v) is 6.37. The molecule has 40 heavy (non-hydrogen) atoms. The monoisotopic (exact) mass is 530 g/mol. The van der Waals surface area contributed by atoms with Crippen molar-refractivity contribution >= 4 is 34.5 Å². The summed E-state index contributed by atoms with van der Waals surface area (Å²) in [5, 5.41) is 13.5. The van der Waals surface area contributed by atoms with E-state index in [0.29, 0.717) is 35.3 Å². The minimum absolute atomic E-state index is 0.362. The third kappa shape index (κ3) is 5.39. The van der Waals surface area contributed by atoms with Crippen LogP contribution < -0.4 is 16.0 Å². The molecule has 2 amide bonds. The number of benzene rings is 3. The number of nitrogens with one attached hydrogen (secondary N) is 3. The molecule has 0 spiro atoms. The summed E-state index contributed by atoms with van der Waals surface area (Å²) in [4.78, 5) is 21.2. The Morgan fingerprint density at radius 1 is 0.850 bits per heavy atom. The van der Waals surface area contributed by atoms with E-state index in [1.807, 2.05) is 72.8 Å². The molecule has 9 nitrogen and oxygen atoms in total. The molecule has 9 heteroatoms. The van der Waals surface area contributed by atoms with Gasteiger partial charge in [0.05, 0.1) is 5.39 Å². The highest BCUT2D eigenvalue weighted by Crippen LogP contribution is 2.42. The lowest BCUT2D eigenvalue weighted by Crippen LogP contribution is -2.19. The molecule has 3 heterocycles. The van der Waals surface area contributed by atoms with Gasteiger partial charge in [-0.25, -0.2) is 14.8 Å². The van der Waals surface area contributed by atoms with Gasteiger partial charge in [-0.3, -0.25) is 5.32 Å². The molecule has 0 aliphatic heterocycles. The Morgan fingerprint density at radius 2 is 1.57 bits per heavy atom. The first-order valence-electron chi connectivity index (χ1n) is 12.9. The SMILES string of the molecule is Cc1cc(NC(=O)Nc2ccc(CCNc3ncnc4oc(-c5ccccc5)c(-c5ccccc5)c34)cc2)no1. The lowest BCUT2D eigenvalue weighted by atomic mass is 9.99. The molecule has 0 aliphatic carbocycles. The van der Waals surface area contributed by atoms with Crippen LogP contribution in [0.3, 0.4) is 0 Å². The lowest BCUT2D eigenvalue weighted by molar-refractivity contribution is 0.262. The number of urea groups is 1. The summed E-state index contributed by atoms with van der Waals surface area (Å²) in [6, 6.07) is 29.1. The van der Waals surface area contributed by atoms with E-state index in [2.05, 4.69) is 43.2 Å².